The molecule has 0 aromatic heterocycles. The molecule has 70 valence electrons. The Morgan fingerprint density at radius 1 is 1.23 bits per heavy atom. The van der Waals surface area contributed by atoms with Crippen LogP contribution in [0.4, 0.5) is 0 Å². The minimum atomic E-state index is -0.123. The third-order valence-electron chi connectivity index (χ3n) is 2.00. The van der Waals surface area contributed by atoms with Crippen molar-refractivity contribution in [3.63, 3.8) is 0 Å². The molecule has 1 aromatic rings. The molecule has 0 N–H and O–H groups in total. The highest BCUT2D eigenvalue weighted by molar-refractivity contribution is 5.98. The Morgan fingerprint density at radius 2 is 1.85 bits per heavy atom. The molecule has 1 rings (SSSR count). The Hall–Kier alpha value is -0.863. The molecule has 0 heterocycles. The summed E-state index contributed by atoms with van der Waals surface area (Å²) < 4.78 is 5.41. The molecule has 0 saturated heterocycles. The van der Waals surface area contributed by atoms with Gasteiger partial charge in [-0.15, -0.1) is 0 Å². The van der Waals surface area contributed by atoms with Crippen molar-refractivity contribution in [2.45, 2.75) is 19.4 Å². The van der Waals surface area contributed by atoms with Gasteiger partial charge in [-0.3, -0.25) is 0 Å². The molecule has 0 fully saturated rings. The zero-order valence-corrected chi connectivity index (χ0v) is 10.4. The predicted octanol–water partition coefficient (Wildman–Crippen LogP) is 1.78. The van der Waals surface area contributed by atoms with E-state index in [9.17, 15) is 0 Å². The monoisotopic (exact) mass is 192 g/mol. The Morgan fingerprint density at radius 3 is 2.38 bits per heavy atom. The number of rotatable bonds is 3. The third-order valence-corrected chi connectivity index (χ3v) is 3.06. The van der Waals surface area contributed by atoms with Gasteiger partial charge >= 0.3 is 0 Å². The van der Waals surface area contributed by atoms with Crippen LogP contribution in [-0.4, -0.2) is 16.1 Å². The van der Waals surface area contributed by atoms with Crippen molar-refractivity contribution in [1.82, 2.24) is 0 Å². The molecule has 0 radical (unpaired) electrons. The molecule has 0 bridgehead atoms. The van der Waals surface area contributed by atoms with Crippen LogP contribution < -0.4 is 0 Å². The van der Waals surface area contributed by atoms with E-state index in [0.29, 0.717) is 0 Å². The SMILES string of the molecule is CC(C)(/C=C/c1ccccc1)O[SiH3]. The van der Waals surface area contributed by atoms with Gasteiger partial charge in [0.05, 0.1) is 5.60 Å². The molecule has 0 aliphatic heterocycles. The summed E-state index contributed by atoms with van der Waals surface area (Å²) >= 11 is 0. The van der Waals surface area contributed by atoms with E-state index in [1.807, 2.05) is 18.2 Å². The average molecular weight is 192 g/mol. The molecule has 0 atom stereocenters. The molecule has 0 unspecified atom stereocenters. The fraction of sp³-hybridized carbons (Fsp3) is 0.273. The number of hydrogen-bond donors (Lipinski definition) is 0. The fourth-order valence-corrected chi connectivity index (χ4v) is 1.07. The smallest absolute Gasteiger partial charge is 0.147 e. The molecular weight excluding hydrogens is 176 g/mol. The Kier molecular flexibility index (Phi) is 3.45. The van der Waals surface area contributed by atoms with Crippen molar-refractivity contribution in [3.8, 4) is 0 Å². The van der Waals surface area contributed by atoms with Crippen LogP contribution in [0.1, 0.15) is 19.4 Å². The summed E-state index contributed by atoms with van der Waals surface area (Å²) in [6, 6.07) is 10.3. The van der Waals surface area contributed by atoms with E-state index in [1.54, 1.807) is 0 Å². The van der Waals surface area contributed by atoms with E-state index < -0.39 is 0 Å². The largest absolute Gasteiger partial charge is 0.420 e. The van der Waals surface area contributed by atoms with Crippen molar-refractivity contribution in [1.29, 1.82) is 0 Å². The van der Waals surface area contributed by atoms with Gasteiger partial charge in [0.15, 0.2) is 0 Å². The van der Waals surface area contributed by atoms with Crippen LogP contribution >= 0.6 is 0 Å². The molecule has 0 saturated carbocycles. The predicted molar refractivity (Wildman–Crippen MR) is 60.6 cm³/mol. The average Bonchev–Trinajstić information content (AvgIpc) is 2.17. The van der Waals surface area contributed by atoms with Crippen molar-refractivity contribution in [2.24, 2.45) is 0 Å². The minimum absolute atomic E-state index is 0.123. The second-order valence-corrected chi connectivity index (χ2v) is 3.96. The normalized spacial score (nSPS) is 12.5. The van der Waals surface area contributed by atoms with E-state index in [2.05, 4.69) is 38.1 Å². The maximum Gasteiger partial charge on any atom is 0.147 e. The highest BCUT2D eigenvalue weighted by atomic mass is 28.2. The zero-order valence-electron chi connectivity index (χ0n) is 8.45. The van der Waals surface area contributed by atoms with Crippen LogP contribution in [0, 0.1) is 0 Å². The number of benzene rings is 1. The quantitative estimate of drug-likeness (QED) is 0.663. The molecule has 0 aliphatic carbocycles. The standard InChI is InChI=1S/C11H16OSi/c1-11(2,12-13)9-8-10-6-4-3-5-7-10/h3-9H,1-2,13H3/b9-8+. The van der Waals surface area contributed by atoms with Crippen LogP contribution in [0.2, 0.25) is 0 Å². The molecule has 0 aliphatic rings. The summed E-state index contributed by atoms with van der Waals surface area (Å²) in [4.78, 5) is 0. The molecule has 1 aromatic carbocycles. The van der Waals surface area contributed by atoms with Gasteiger partial charge < -0.3 is 4.43 Å². The molecule has 13 heavy (non-hydrogen) atoms. The van der Waals surface area contributed by atoms with Crippen LogP contribution in [0.25, 0.3) is 6.08 Å². The molecule has 2 heteroatoms. The third kappa shape index (κ3) is 3.57. The van der Waals surface area contributed by atoms with E-state index >= 15 is 0 Å². The lowest BCUT2D eigenvalue weighted by Gasteiger charge is -2.18. The summed E-state index contributed by atoms with van der Waals surface area (Å²) in [5, 5.41) is 0. The first kappa shape index (κ1) is 10.2. The summed E-state index contributed by atoms with van der Waals surface area (Å²) in [6.45, 7) is 4.14. The van der Waals surface area contributed by atoms with Crippen molar-refractivity contribution in [2.75, 3.05) is 0 Å². The van der Waals surface area contributed by atoms with Crippen molar-refractivity contribution < 1.29 is 4.43 Å². The highest BCUT2D eigenvalue weighted by Crippen LogP contribution is 2.11. The Bertz CT molecular complexity index is 277. The summed E-state index contributed by atoms with van der Waals surface area (Å²) in [5.74, 6) is 0. The van der Waals surface area contributed by atoms with E-state index in [4.69, 9.17) is 4.43 Å². The lowest BCUT2D eigenvalue weighted by atomic mass is 10.1. The second-order valence-electron chi connectivity index (χ2n) is 3.55. The molecule has 1 nitrogen and oxygen atoms in total. The lowest BCUT2D eigenvalue weighted by Crippen LogP contribution is -2.18. The van der Waals surface area contributed by atoms with Crippen LogP contribution in [0.5, 0.6) is 0 Å². The van der Waals surface area contributed by atoms with Gasteiger partial charge in [-0.05, 0) is 19.4 Å². The van der Waals surface area contributed by atoms with E-state index in [-0.39, 0.29) is 5.60 Å². The Labute approximate surface area is 83.0 Å². The maximum absolute atomic E-state index is 5.41. The lowest BCUT2D eigenvalue weighted by molar-refractivity contribution is 0.181. The summed E-state index contributed by atoms with van der Waals surface area (Å²) in [7, 11) is 0.773. The van der Waals surface area contributed by atoms with Crippen LogP contribution in [0.15, 0.2) is 36.4 Å². The van der Waals surface area contributed by atoms with Crippen LogP contribution in [0.3, 0.4) is 0 Å². The zero-order chi connectivity index (χ0) is 9.73. The van der Waals surface area contributed by atoms with Gasteiger partial charge in [0.2, 0.25) is 0 Å². The van der Waals surface area contributed by atoms with Crippen molar-refractivity contribution in [3.05, 3.63) is 42.0 Å². The Balaban J connectivity index is 2.69. The first-order chi connectivity index (χ1) is 6.14. The van der Waals surface area contributed by atoms with Gasteiger partial charge in [0.25, 0.3) is 0 Å². The first-order valence-corrected chi connectivity index (χ1v) is 5.25. The maximum atomic E-state index is 5.41. The fourth-order valence-electron chi connectivity index (χ4n) is 0.929. The van der Waals surface area contributed by atoms with Crippen LogP contribution in [-0.2, 0) is 4.43 Å². The van der Waals surface area contributed by atoms with Gasteiger partial charge in [0.1, 0.15) is 10.5 Å². The minimum Gasteiger partial charge on any atom is -0.420 e. The molecular formula is C11H16OSi. The van der Waals surface area contributed by atoms with E-state index in [1.165, 1.54) is 5.56 Å². The van der Waals surface area contributed by atoms with Gasteiger partial charge in [-0.2, -0.15) is 0 Å². The summed E-state index contributed by atoms with van der Waals surface area (Å²) in [6.07, 6.45) is 4.19. The number of hydrogen-bond acceptors (Lipinski definition) is 1. The molecule has 0 spiro atoms. The topological polar surface area (TPSA) is 9.23 Å². The van der Waals surface area contributed by atoms with Gasteiger partial charge in [-0.1, -0.05) is 42.5 Å². The van der Waals surface area contributed by atoms with Gasteiger partial charge in [-0.25, -0.2) is 0 Å². The second kappa shape index (κ2) is 4.39. The highest BCUT2D eigenvalue weighted by Gasteiger charge is 2.09. The first-order valence-electron chi connectivity index (χ1n) is 4.43. The van der Waals surface area contributed by atoms with Crippen molar-refractivity contribution >= 4 is 16.6 Å². The van der Waals surface area contributed by atoms with Gasteiger partial charge in [0, 0.05) is 0 Å². The van der Waals surface area contributed by atoms with E-state index in [0.717, 1.165) is 10.5 Å². The molecule has 0 amide bonds. The summed E-state index contributed by atoms with van der Waals surface area (Å²) in [5.41, 5.74) is 1.09.